The summed E-state index contributed by atoms with van der Waals surface area (Å²) in [5.41, 5.74) is -0.259. The smallest absolute Gasteiger partial charge is 0.410 e. The zero-order valence-electron chi connectivity index (χ0n) is 19.7. The van der Waals surface area contributed by atoms with Crippen molar-refractivity contribution in [1.29, 1.82) is 0 Å². The van der Waals surface area contributed by atoms with Gasteiger partial charge in [0.1, 0.15) is 22.9 Å². The minimum Gasteiger partial charge on any atom is -0.444 e. The molecule has 1 amide bonds. The number of hydrogen-bond donors (Lipinski definition) is 0. The second kappa shape index (κ2) is 10.8. The molecule has 1 aliphatic rings. The molecule has 1 aromatic heterocycles. The third-order valence-electron chi connectivity index (χ3n) is 5.09. The van der Waals surface area contributed by atoms with Gasteiger partial charge in [0, 0.05) is 25.8 Å². The summed E-state index contributed by atoms with van der Waals surface area (Å²) in [6.45, 7) is 6.56. The highest BCUT2D eigenvalue weighted by Gasteiger charge is 2.27. The van der Waals surface area contributed by atoms with E-state index in [4.69, 9.17) is 18.7 Å². The van der Waals surface area contributed by atoms with E-state index in [2.05, 4.69) is 10.1 Å². The van der Waals surface area contributed by atoms with E-state index in [1.165, 1.54) is 19.2 Å². The number of sulfone groups is 1. The largest absolute Gasteiger partial charge is 0.444 e. The highest BCUT2D eigenvalue weighted by Crippen LogP contribution is 2.24. The Kier molecular flexibility index (Phi) is 8.26. The van der Waals surface area contributed by atoms with E-state index in [0.29, 0.717) is 25.9 Å². The van der Waals surface area contributed by atoms with Crippen molar-refractivity contribution in [2.24, 2.45) is 0 Å². The first-order valence-electron chi connectivity index (χ1n) is 10.9. The molecule has 3 rings (SSSR count). The van der Waals surface area contributed by atoms with E-state index in [1.54, 1.807) is 4.90 Å². The van der Waals surface area contributed by atoms with Crippen molar-refractivity contribution in [1.82, 2.24) is 15.0 Å². The number of methoxy groups -OCH3 is 1. The first kappa shape index (κ1) is 26.0. The Bertz CT molecular complexity index is 1090. The van der Waals surface area contributed by atoms with Crippen LogP contribution in [0, 0.1) is 5.82 Å². The van der Waals surface area contributed by atoms with Crippen LogP contribution in [-0.2, 0) is 30.7 Å². The molecule has 0 atom stereocenters. The highest BCUT2D eigenvalue weighted by molar-refractivity contribution is 7.91. The van der Waals surface area contributed by atoms with E-state index < -0.39 is 26.2 Å². The van der Waals surface area contributed by atoms with Crippen LogP contribution in [0.3, 0.4) is 0 Å². The Balaban J connectivity index is 1.54. The summed E-state index contributed by atoms with van der Waals surface area (Å²) in [7, 11) is -2.43. The fourth-order valence-electron chi connectivity index (χ4n) is 3.35. The molecule has 34 heavy (non-hydrogen) atoms. The third kappa shape index (κ3) is 6.97. The Morgan fingerprint density at radius 2 is 1.97 bits per heavy atom. The molecule has 0 spiro atoms. The Morgan fingerprint density at radius 3 is 2.59 bits per heavy atom. The molecule has 0 unspecified atom stereocenters. The Morgan fingerprint density at radius 1 is 1.26 bits per heavy atom. The van der Waals surface area contributed by atoms with Crippen LogP contribution in [0.1, 0.15) is 39.5 Å². The van der Waals surface area contributed by atoms with Crippen molar-refractivity contribution in [3.63, 3.8) is 0 Å². The van der Waals surface area contributed by atoms with Crippen LogP contribution >= 0.6 is 0 Å². The van der Waals surface area contributed by atoms with Gasteiger partial charge in [0.2, 0.25) is 5.82 Å². The average molecular weight is 500 g/mol. The van der Waals surface area contributed by atoms with Gasteiger partial charge in [-0.05, 0) is 51.8 Å². The minimum absolute atomic E-state index is 0.0300. The van der Waals surface area contributed by atoms with Crippen LogP contribution in [0.15, 0.2) is 27.6 Å². The molecule has 10 nitrogen and oxygen atoms in total. The van der Waals surface area contributed by atoms with Gasteiger partial charge in [-0.3, -0.25) is 0 Å². The molecule has 0 saturated carbocycles. The lowest BCUT2D eigenvalue weighted by Gasteiger charge is -2.33. The lowest BCUT2D eigenvalue weighted by Crippen LogP contribution is -2.43. The number of halogens is 1. The molecular weight excluding hydrogens is 469 g/mol. The monoisotopic (exact) mass is 499 g/mol. The zero-order valence-corrected chi connectivity index (χ0v) is 20.6. The number of likely N-dealkylation sites (tertiary alicyclic amines) is 1. The number of piperidine rings is 1. The van der Waals surface area contributed by atoms with Crippen LogP contribution in [-0.4, -0.2) is 73.8 Å². The highest BCUT2D eigenvalue weighted by atomic mass is 32.2. The van der Waals surface area contributed by atoms with Crippen molar-refractivity contribution in [2.75, 3.05) is 32.6 Å². The number of rotatable bonds is 8. The molecule has 0 N–H and O–H groups in total. The minimum atomic E-state index is -3.80. The predicted molar refractivity (Wildman–Crippen MR) is 119 cm³/mol. The number of benzene rings is 1. The maximum Gasteiger partial charge on any atom is 0.410 e. The van der Waals surface area contributed by atoms with Crippen molar-refractivity contribution in [3.05, 3.63) is 29.9 Å². The lowest BCUT2D eigenvalue weighted by atomic mass is 10.1. The molecule has 0 aliphatic carbocycles. The average Bonchev–Trinajstić information content (AvgIpc) is 3.24. The van der Waals surface area contributed by atoms with Crippen LogP contribution in [0.5, 0.6) is 0 Å². The van der Waals surface area contributed by atoms with Gasteiger partial charge in [-0.1, -0.05) is 5.16 Å². The van der Waals surface area contributed by atoms with Gasteiger partial charge in [0.25, 0.3) is 5.89 Å². The number of nitrogens with zero attached hydrogens (tertiary/aromatic N) is 3. The standard InChI is InChI=1S/C22H30FN3O7S/c1-22(2,3)32-21(27)26-9-7-16(8-10-26)31-14-19-24-20(25-33-19)15-5-6-18(17(23)13-15)34(28,29)12-11-30-4/h5-6,13,16H,7-12,14H2,1-4H3. The summed E-state index contributed by atoms with van der Waals surface area (Å²) in [6, 6.07) is 3.66. The number of aromatic nitrogens is 2. The summed E-state index contributed by atoms with van der Waals surface area (Å²) >= 11 is 0. The second-order valence-electron chi connectivity index (χ2n) is 8.95. The van der Waals surface area contributed by atoms with Crippen molar-refractivity contribution >= 4 is 15.9 Å². The molecule has 188 valence electrons. The number of hydrogen-bond acceptors (Lipinski definition) is 9. The molecule has 12 heteroatoms. The molecule has 1 aliphatic heterocycles. The van der Waals surface area contributed by atoms with E-state index in [1.807, 2.05) is 20.8 Å². The maximum atomic E-state index is 14.5. The zero-order chi connectivity index (χ0) is 24.9. The Hall–Kier alpha value is -2.57. The Labute approximate surface area is 198 Å². The van der Waals surface area contributed by atoms with E-state index in [-0.39, 0.29) is 48.4 Å². The van der Waals surface area contributed by atoms with Crippen LogP contribution in [0.25, 0.3) is 11.4 Å². The molecule has 1 fully saturated rings. The lowest BCUT2D eigenvalue weighted by molar-refractivity contribution is -0.0231. The first-order valence-corrected chi connectivity index (χ1v) is 12.6. The third-order valence-corrected chi connectivity index (χ3v) is 6.79. The molecular formula is C22H30FN3O7S. The van der Waals surface area contributed by atoms with Gasteiger partial charge >= 0.3 is 6.09 Å². The summed E-state index contributed by atoms with van der Waals surface area (Å²) < 4.78 is 60.0. The van der Waals surface area contributed by atoms with Gasteiger partial charge in [0.05, 0.1) is 18.5 Å². The van der Waals surface area contributed by atoms with E-state index in [9.17, 15) is 17.6 Å². The van der Waals surface area contributed by atoms with Crippen LogP contribution in [0.2, 0.25) is 0 Å². The fraction of sp³-hybridized carbons (Fsp3) is 0.591. The van der Waals surface area contributed by atoms with Gasteiger partial charge in [-0.15, -0.1) is 0 Å². The molecule has 0 radical (unpaired) electrons. The topological polar surface area (TPSA) is 121 Å². The molecule has 1 aromatic carbocycles. The molecule has 2 aromatic rings. The molecule has 0 bridgehead atoms. The first-order chi connectivity index (χ1) is 16.0. The van der Waals surface area contributed by atoms with Crippen LogP contribution < -0.4 is 0 Å². The fourth-order valence-corrected chi connectivity index (χ4v) is 4.58. The molecule has 2 heterocycles. The van der Waals surface area contributed by atoms with Gasteiger partial charge in [0.15, 0.2) is 9.84 Å². The summed E-state index contributed by atoms with van der Waals surface area (Å²) in [4.78, 5) is 17.6. The van der Waals surface area contributed by atoms with Crippen molar-refractivity contribution < 1.29 is 36.3 Å². The normalized spacial score (nSPS) is 15.5. The summed E-state index contributed by atoms with van der Waals surface area (Å²) in [5, 5.41) is 3.83. The van der Waals surface area contributed by atoms with Crippen molar-refractivity contribution in [2.45, 2.75) is 56.8 Å². The number of amides is 1. The summed E-state index contributed by atoms with van der Waals surface area (Å²) in [6.07, 6.45) is 0.870. The number of carbonyl (C=O) groups is 1. The van der Waals surface area contributed by atoms with Gasteiger partial charge < -0.3 is 23.6 Å². The van der Waals surface area contributed by atoms with Gasteiger partial charge in [-0.25, -0.2) is 17.6 Å². The van der Waals surface area contributed by atoms with E-state index >= 15 is 0 Å². The summed E-state index contributed by atoms with van der Waals surface area (Å²) in [5.74, 6) is -0.881. The van der Waals surface area contributed by atoms with Gasteiger partial charge in [-0.2, -0.15) is 4.98 Å². The quantitative estimate of drug-likeness (QED) is 0.539. The SMILES string of the molecule is COCCS(=O)(=O)c1ccc(-c2noc(COC3CCN(C(=O)OC(C)(C)C)CC3)n2)cc1F. The van der Waals surface area contributed by atoms with Crippen LogP contribution in [0.4, 0.5) is 9.18 Å². The number of ether oxygens (including phenoxy) is 3. The molecule has 1 saturated heterocycles. The van der Waals surface area contributed by atoms with E-state index in [0.717, 1.165) is 6.07 Å². The maximum absolute atomic E-state index is 14.5. The second-order valence-corrected chi connectivity index (χ2v) is 11.0. The predicted octanol–water partition coefficient (Wildman–Crippen LogP) is 3.21. The number of carbonyl (C=O) groups excluding carboxylic acids is 1. The van der Waals surface area contributed by atoms with Crippen molar-refractivity contribution in [3.8, 4) is 11.4 Å².